The molecule has 2 aromatic carbocycles. The van der Waals surface area contributed by atoms with Crippen LogP contribution in [0.2, 0.25) is 0 Å². The van der Waals surface area contributed by atoms with Crippen molar-refractivity contribution in [2.45, 2.75) is 39.9 Å². The van der Waals surface area contributed by atoms with Crippen molar-refractivity contribution in [3.05, 3.63) is 58.7 Å². The lowest BCUT2D eigenvalue weighted by Gasteiger charge is -2.44. The molecule has 0 amide bonds. The maximum Gasteiger partial charge on any atom is 0.342 e. The van der Waals surface area contributed by atoms with Crippen LogP contribution in [0.1, 0.15) is 71.7 Å². The van der Waals surface area contributed by atoms with E-state index in [0.29, 0.717) is 35.8 Å². The Morgan fingerprint density at radius 1 is 0.750 bits per heavy atom. The lowest BCUT2D eigenvalue weighted by molar-refractivity contribution is -0.172. The van der Waals surface area contributed by atoms with Crippen LogP contribution in [0.3, 0.4) is 0 Å². The molecule has 0 aliphatic carbocycles. The van der Waals surface area contributed by atoms with Gasteiger partial charge in [-0.3, -0.25) is 0 Å². The van der Waals surface area contributed by atoms with Crippen molar-refractivity contribution in [3.63, 3.8) is 0 Å². The first kappa shape index (κ1) is 26.0. The van der Waals surface area contributed by atoms with Crippen molar-refractivity contribution in [2.75, 3.05) is 40.6 Å². The molecule has 2 aliphatic rings. The van der Waals surface area contributed by atoms with E-state index >= 15 is 0 Å². The molecule has 0 bridgehead atoms. The number of ether oxygens (including phenoxy) is 6. The van der Waals surface area contributed by atoms with E-state index in [-0.39, 0.29) is 36.3 Å². The highest BCUT2D eigenvalue weighted by molar-refractivity contribution is 5.93. The first-order valence-electron chi connectivity index (χ1n) is 12.0. The molecule has 0 aromatic heterocycles. The predicted octanol–water partition coefficient (Wildman–Crippen LogP) is 4.91. The average Bonchev–Trinajstić information content (AvgIpc) is 2.85. The third-order valence-corrected chi connectivity index (χ3v) is 6.71. The standard InChI is InChI=1S/C28H34O8/c1-27(2)15-35-23(27)17-7-9-21(31-5)19(13-17)25(29)33-11-12-34-26(30)20-14-18(8-10-22(20)32-6)24-28(3,4)16-36-24/h7-10,13-14,23-24H,11-12,15-16H2,1-6H3. The third kappa shape index (κ3) is 5.06. The molecular weight excluding hydrogens is 464 g/mol. The summed E-state index contributed by atoms with van der Waals surface area (Å²) in [6, 6.07) is 10.7. The minimum absolute atomic E-state index is 0.0111. The summed E-state index contributed by atoms with van der Waals surface area (Å²) < 4.78 is 32.8. The number of hydrogen-bond acceptors (Lipinski definition) is 8. The molecule has 2 saturated heterocycles. The van der Waals surface area contributed by atoms with Crippen molar-refractivity contribution in [1.29, 1.82) is 0 Å². The summed E-state index contributed by atoms with van der Waals surface area (Å²) in [5, 5.41) is 0. The van der Waals surface area contributed by atoms with Crippen LogP contribution in [0.15, 0.2) is 36.4 Å². The van der Waals surface area contributed by atoms with Crippen LogP contribution in [-0.4, -0.2) is 52.6 Å². The molecule has 2 aromatic rings. The van der Waals surface area contributed by atoms with Crippen molar-refractivity contribution in [3.8, 4) is 11.5 Å². The zero-order chi connectivity index (χ0) is 26.1. The van der Waals surface area contributed by atoms with Crippen molar-refractivity contribution in [2.24, 2.45) is 10.8 Å². The molecular formula is C28H34O8. The van der Waals surface area contributed by atoms with E-state index in [1.54, 1.807) is 24.3 Å². The largest absolute Gasteiger partial charge is 0.496 e. The maximum atomic E-state index is 12.8. The van der Waals surface area contributed by atoms with Gasteiger partial charge in [0, 0.05) is 10.8 Å². The Balaban J connectivity index is 1.36. The molecule has 0 saturated carbocycles. The van der Waals surface area contributed by atoms with E-state index in [2.05, 4.69) is 27.7 Å². The molecule has 194 valence electrons. The van der Waals surface area contributed by atoms with Crippen molar-refractivity contribution in [1.82, 2.24) is 0 Å². The smallest absolute Gasteiger partial charge is 0.342 e. The van der Waals surface area contributed by atoms with Gasteiger partial charge in [0.15, 0.2) is 0 Å². The summed E-state index contributed by atoms with van der Waals surface area (Å²) in [4.78, 5) is 25.6. The summed E-state index contributed by atoms with van der Waals surface area (Å²) in [5.74, 6) is -0.322. The topological polar surface area (TPSA) is 89.5 Å². The van der Waals surface area contributed by atoms with Crippen LogP contribution >= 0.6 is 0 Å². The molecule has 8 nitrogen and oxygen atoms in total. The van der Waals surface area contributed by atoms with E-state index in [9.17, 15) is 9.59 Å². The molecule has 2 aliphatic heterocycles. The molecule has 2 heterocycles. The van der Waals surface area contributed by atoms with Gasteiger partial charge in [-0.1, -0.05) is 39.8 Å². The molecule has 0 radical (unpaired) electrons. The number of benzene rings is 2. The lowest BCUT2D eigenvalue weighted by Crippen LogP contribution is -2.40. The van der Waals surface area contributed by atoms with E-state index in [0.717, 1.165) is 11.1 Å². The van der Waals surface area contributed by atoms with E-state index in [1.807, 2.05) is 12.1 Å². The molecule has 0 N–H and O–H groups in total. The summed E-state index contributed by atoms with van der Waals surface area (Å²) in [7, 11) is 2.99. The summed E-state index contributed by atoms with van der Waals surface area (Å²) in [5.41, 5.74) is 2.34. The minimum Gasteiger partial charge on any atom is -0.496 e. The van der Waals surface area contributed by atoms with Crippen molar-refractivity contribution < 1.29 is 38.0 Å². The van der Waals surface area contributed by atoms with E-state index in [1.165, 1.54) is 14.2 Å². The second-order valence-corrected chi connectivity index (χ2v) is 10.6. The number of methoxy groups -OCH3 is 2. The van der Waals surface area contributed by atoms with Crippen molar-refractivity contribution >= 4 is 11.9 Å². The molecule has 2 fully saturated rings. The zero-order valence-electron chi connectivity index (χ0n) is 21.7. The number of rotatable bonds is 9. The van der Waals surface area contributed by atoms with Gasteiger partial charge in [0.05, 0.1) is 39.6 Å². The zero-order valence-corrected chi connectivity index (χ0v) is 21.7. The highest BCUT2D eigenvalue weighted by Gasteiger charge is 2.42. The fourth-order valence-corrected chi connectivity index (χ4v) is 4.62. The Morgan fingerprint density at radius 3 is 1.42 bits per heavy atom. The Kier molecular flexibility index (Phi) is 7.29. The predicted molar refractivity (Wildman–Crippen MR) is 132 cm³/mol. The molecule has 0 spiro atoms. The van der Waals surface area contributed by atoms with E-state index in [4.69, 9.17) is 28.4 Å². The fourth-order valence-electron chi connectivity index (χ4n) is 4.62. The normalized spacial score (nSPS) is 21.5. The van der Waals surface area contributed by atoms with Gasteiger partial charge in [-0.05, 0) is 35.4 Å². The highest BCUT2D eigenvalue weighted by Crippen LogP contribution is 2.47. The molecule has 4 rings (SSSR count). The summed E-state index contributed by atoms with van der Waals surface area (Å²) >= 11 is 0. The number of esters is 2. The minimum atomic E-state index is -0.564. The SMILES string of the molecule is COc1ccc(C2OCC2(C)C)cc1C(=O)OCCOC(=O)c1cc(C2OCC2(C)C)ccc1OC. The number of hydrogen-bond donors (Lipinski definition) is 0. The first-order valence-corrected chi connectivity index (χ1v) is 12.0. The summed E-state index contributed by atoms with van der Waals surface area (Å²) in [6.45, 7) is 9.56. The van der Waals surface area contributed by atoms with Crippen LogP contribution in [0.25, 0.3) is 0 Å². The second kappa shape index (κ2) is 10.1. The van der Waals surface area contributed by atoms with Crippen LogP contribution < -0.4 is 9.47 Å². The van der Waals surface area contributed by atoms with Crippen LogP contribution in [-0.2, 0) is 18.9 Å². The van der Waals surface area contributed by atoms with Crippen LogP contribution in [0.5, 0.6) is 11.5 Å². The monoisotopic (exact) mass is 498 g/mol. The average molecular weight is 499 g/mol. The van der Waals surface area contributed by atoms with Gasteiger partial charge in [-0.25, -0.2) is 9.59 Å². The van der Waals surface area contributed by atoms with Crippen LogP contribution in [0.4, 0.5) is 0 Å². The van der Waals surface area contributed by atoms with Gasteiger partial charge in [0.2, 0.25) is 0 Å². The number of carbonyl (C=O) groups is 2. The lowest BCUT2D eigenvalue weighted by atomic mass is 9.78. The van der Waals surface area contributed by atoms with Gasteiger partial charge in [0.25, 0.3) is 0 Å². The Labute approximate surface area is 211 Å². The highest BCUT2D eigenvalue weighted by atomic mass is 16.6. The van der Waals surface area contributed by atoms with Gasteiger partial charge < -0.3 is 28.4 Å². The van der Waals surface area contributed by atoms with Gasteiger partial charge in [-0.2, -0.15) is 0 Å². The third-order valence-electron chi connectivity index (χ3n) is 6.71. The molecule has 2 unspecified atom stereocenters. The summed E-state index contributed by atoms with van der Waals surface area (Å²) in [6.07, 6.45) is -0.199. The van der Waals surface area contributed by atoms with E-state index < -0.39 is 11.9 Å². The first-order chi connectivity index (χ1) is 17.1. The number of carbonyl (C=O) groups excluding carboxylic acids is 2. The van der Waals surface area contributed by atoms with Gasteiger partial charge in [0.1, 0.15) is 35.8 Å². The van der Waals surface area contributed by atoms with Crippen LogP contribution in [0, 0.1) is 10.8 Å². The molecule has 2 atom stereocenters. The van der Waals surface area contributed by atoms with Gasteiger partial charge >= 0.3 is 11.9 Å². The maximum absolute atomic E-state index is 12.8. The Hall–Kier alpha value is -3.10. The second-order valence-electron chi connectivity index (χ2n) is 10.6. The molecule has 8 heteroatoms. The Bertz CT molecular complexity index is 1050. The molecule has 36 heavy (non-hydrogen) atoms. The fraction of sp³-hybridized carbons (Fsp3) is 0.500. The van der Waals surface area contributed by atoms with Gasteiger partial charge in [-0.15, -0.1) is 0 Å². The quantitative estimate of drug-likeness (QED) is 0.356. The Morgan fingerprint density at radius 2 is 1.14 bits per heavy atom.